The van der Waals surface area contributed by atoms with Gasteiger partial charge in [-0.15, -0.1) is 0 Å². The third-order valence-electron chi connectivity index (χ3n) is 5.68. The molecule has 6 heteroatoms. The number of likely N-dealkylation sites (tertiary alicyclic amines) is 1. The molecule has 1 saturated heterocycles. The highest BCUT2D eigenvalue weighted by atomic mass is 19.1. The van der Waals surface area contributed by atoms with E-state index >= 15 is 0 Å². The fourth-order valence-electron chi connectivity index (χ4n) is 3.85. The van der Waals surface area contributed by atoms with Crippen molar-refractivity contribution in [1.29, 1.82) is 0 Å². The molecule has 1 heterocycles. The third kappa shape index (κ3) is 4.47. The van der Waals surface area contributed by atoms with Crippen molar-refractivity contribution < 1.29 is 18.4 Å². The molecule has 2 amide bonds. The Morgan fingerprint density at radius 3 is 2.52 bits per heavy atom. The molecule has 2 aromatic rings. The van der Waals surface area contributed by atoms with Crippen LogP contribution in [0.4, 0.5) is 8.78 Å². The van der Waals surface area contributed by atoms with Crippen LogP contribution >= 0.6 is 0 Å². The zero-order chi connectivity index (χ0) is 20.5. The lowest BCUT2D eigenvalue weighted by molar-refractivity contribution is -0.137. The molecule has 0 bridgehead atoms. The normalized spacial score (nSPS) is 18.9. The summed E-state index contributed by atoms with van der Waals surface area (Å²) in [5.74, 6) is -1.85. The predicted molar refractivity (Wildman–Crippen MR) is 105 cm³/mol. The van der Waals surface area contributed by atoms with Crippen LogP contribution in [0, 0.1) is 24.5 Å². The van der Waals surface area contributed by atoms with E-state index in [1.807, 2.05) is 31.2 Å². The van der Waals surface area contributed by atoms with Crippen molar-refractivity contribution in [3.05, 3.63) is 70.8 Å². The van der Waals surface area contributed by atoms with E-state index in [0.29, 0.717) is 18.7 Å². The molecule has 0 radical (unpaired) electrons. The largest absolute Gasteiger partial charge is 0.338 e. The maximum atomic E-state index is 14.1. The van der Waals surface area contributed by atoms with Gasteiger partial charge in [-0.05, 0) is 31.4 Å². The Bertz CT molecular complexity index is 925. The molecule has 0 N–H and O–H groups in total. The fourth-order valence-corrected chi connectivity index (χ4v) is 3.85. The van der Waals surface area contributed by atoms with Gasteiger partial charge in [0.1, 0.15) is 11.6 Å². The van der Waals surface area contributed by atoms with E-state index in [1.165, 1.54) is 12.1 Å². The van der Waals surface area contributed by atoms with Crippen molar-refractivity contribution >= 4 is 11.8 Å². The quantitative estimate of drug-likeness (QED) is 0.742. The van der Waals surface area contributed by atoms with Gasteiger partial charge in [0.15, 0.2) is 0 Å². The van der Waals surface area contributed by atoms with Gasteiger partial charge in [0, 0.05) is 43.7 Å². The molecule has 152 valence electrons. The molecule has 1 aliphatic carbocycles. The van der Waals surface area contributed by atoms with Gasteiger partial charge in [0.2, 0.25) is 11.8 Å². The zero-order valence-electron chi connectivity index (χ0n) is 16.4. The van der Waals surface area contributed by atoms with E-state index in [0.717, 1.165) is 30.0 Å². The van der Waals surface area contributed by atoms with Gasteiger partial charge in [-0.2, -0.15) is 0 Å². The molecule has 1 atom stereocenters. The van der Waals surface area contributed by atoms with Gasteiger partial charge in [-0.1, -0.05) is 35.9 Å². The Hall–Kier alpha value is -2.76. The van der Waals surface area contributed by atoms with E-state index in [9.17, 15) is 18.4 Å². The predicted octanol–water partition coefficient (Wildman–Crippen LogP) is 3.81. The van der Waals surface area contributed by atoms with Gasteiger partial charge in [-0.25, -0.2) is 8.78 Å². The average molecular weight is 398 g/mol. The Morgan fingerprint density at radius 2 is 1.86 bits per heavy atom. The molecule has 2 fully saturated rings. The number of hydrogen-bond donors (Lipinski definition) is 0. The minimum Gasteiger partial charge on any atom is -0.338 e. The van der Waals surface area contributed by atoms with Crippen molar-refractivity contribution in [1.82, 2.24) is 9.80 Å². The number of aryl methyl sites for hydroxylation is 1. The van der Waals surface area contributed by atoms with Crippen molar-refractivity contribution in [3.8, 4) is 0 Å². The number of hydrogen-bond acceptors (Lipinski definition) is 2. The highest BCUT2D eigenvalue weighted by Gasteiger charge is 2.41. The zero-order valence-corrected chi connectivity index (χ0v) is 16.4. The molecule has 0 spiro atoms. The summed E-state index contributed by atoms with van der Waals surface area (Å²) in [6.45, 7) is 2.98. The second-order valence-electron chi connectivity index (χ2n) is 8.09. The van der Waals surface area contributed by atoms with E-state index in [-0.39, 0.29) is 30.8 Å². The van der Waals surface area contributed by atoms with Crippen molar-refractivity contribution in [2.45, 2.75) is 45.3 Å². The van der Waals surface area contributed by atoms with Crippen LogP contribution in [-0.4, -0.2) is 34.2 Å². The van der Waals surface area contributed by atoms with Crippen LogP contribution in [0.2, 0.25) is 0 Å². The molecule has 1 aliphatic heterocycles. The van der Waals surface area contributed by atoms with Crippen molar-refractivity contribution in [2.24, 2.45) is 5.92 Å². The Labute approximate surface area is 169 Å². The summed E-state index contributed by atoms with van der Waals surface area (Å²) in [7, 11) is 0. The summed E-state index contributed by atoms with van der Waals surface area (Å²) >= 11 is 0. The number of carbonyl (C=O) groups excluding carboxylic acids is 2. The molecular weight excluding hydrogens is 374 g/mol. The molecule has 1 unspecified atom stereocenters. The van der Waals surface area contributed by atoms with Crippen LogP contribution in [0.5, 0.6) is 0 Å². The minimum atomic E-state index is -0.646. The lowest BCUT2D eigenvalue weighted by Crippen LogP contribution is -2.38. The number of amides is 2. The number of halogens is 2. The minimum absolute atomic E-state index is 0.0346. The fraction of sp³-hybridized carbons (Fsp3) is 0.391. The topological polar surface area (TPSA) is 40.6 Å². The van der Waals surface area contributed by atoms with Gasteiger partial charge in [-0.3, -0.25) is 9.59 Å². The molecule has 2 aliphatic rings. The van der Waals surface area contributed by atoms with Crippen molar-refractivity contribution in [3.63, 3.8) is 0 Å². The highest BCUT2D eigenvalue weighted by Crippen LogP contribution is 2.32. The number of carbonyl (C=O) groups is 2. The van der Waals surface area contributed by atoms with Crippen LogP contribution in [0.1, 0.15) is 36.0 Å². The maximum absolute atomic E-state index is 14.1. The SMILES string of the molecule is Cc1ccc(CN2CC(C(=O)N(Cc3ccc(F)cc3F)C3CC3)CC2=O)cc1. The summed E-state index contributed by atoms with van der Waals surface area (Å²) in [5.41, 5.74) is 2.49. The lowest BCUT2D eigenvalue weighted by atomic mass is 10.1. The smallest absolute Gasteiger partial charge is 0.228 e. The molecule has 4 rings (SSSR count). The van der Waals surface area contributed by atoms with Crippen LogP contribution in [0.3, 0.4) is 0 Å². The second-order valence-corrected chi connectivity index (χ2v) is 8.09. The monoisotopic (exact) mass is 398 g/mol. The first-order chi connectivity index (χ1) is 13.9. The summed E-state index contributed by atoms with van der Waals surface area (Å²) < 4.78 is 27.3. The second kappa shape index (κ2) is 7.93. The van der Waals surface area contributed by atoms with Crippen LogP contribution in [0.25, 0.3) is 0 Å². The Balaban J connectivity index is 1.44. The molecule has 1 saturated carbocycles. The van der Waals surface area contributed by atoms with Gasteiger partial charge >= 0.3 is 0 Å². The number of rotatable bonds is 6. The summed E-state index contributed by atoms with van der Waals surface area (Å²) in [6.07, 6.45) is 1.93. The van der Waals surface area contributed by atoms with E-state index in [4.69, 9.17) is 0 Å². The summed E-state index contributed by atoms with van der Waals surface area (Å²) in [5, 5.41) is 0. The third-order valence-corrected chi connectivity index (χ3v) is 5.68. The van der Waals surface area contributed by atoms with Gasteiger partial charge in [0.05, 0.1) is 5.92 Å². The highest BCUT2D eigenvalue weighted by molar-refractivity contribution is 5.89. The molecule has 4 nitrogen and oxygen atoms in total. The van der Waals surface area contributed by atoms with E-state index in [1.54, 1.807) is 9.80 Å². The average Bonchev–Trinajstić information content (AvgIpc) is 3.46. The van der Waals surface area contributed by atoms with Crippen molar-refractivity contribution in [2.75, 3.05) is 6.54 Å². The maximum Gasteiger partial charge on any atom is 0.228 e. The van der Waals surface area contributed by atoms with E-state index < -0.39 is 17.6 Å². The van der Waals surface area contributed by atoms with E-state index in [2.05, 4.69) is 0 Å². The number of nitrogens with zero attached hydrogens (tertiary/aromatic N) is 2. The molecule has 29 heavy (non-hydrogen) atoms. The standard InChI is InChI=1S/C23H24F2N2O2/c1-15-2-4-16(5-3-15)12-26-13-18(10-22(26)28)23(29)27(20-8-9-20)14-17-6-7-19(24)11-21(17)25/h2-7,11,18,20H,8-10,12-14H2,1H3. The lowest BCUT2D eigenvalue weighted by Gasteiger charge is -2.26. The Morgan fingerprint density at radius 1 is 1.14 bits per heavy atom. The number of benzene rings is 2. The van der Waals surface area contributed by atoms with Crippen LogP contribution in [0.15, 0.2) is 42.5 Å². The molecule has 0 aromatic heterocycles. The van der Waals surface area contributed by atoms with Gasteiger partial charge in [0.25, 0.3) is 0 Å². The molecular formula is C23H24F2N2O2. The van der Waals surface area contributed by atoms with Crippen LogP contribution in [-0.2, 0) is 22.7 Å². The van der Waals surface area contributed by atoms with Gasteiger partial charge < -0.3 is 9.80 Å². The summed E-state index contributed by atoms with van der Waals surface area (Å²) in [4.78, 5) is 29.0. The Kier molecular flexibility index (Phi) is 5.35. The summed E-state index contributed by atoms with van der Waals surface area (Å²) in [6, 6.07) is 11.5. The molecule has 2 aromatic carbocycles. The first-order valence-corrected chi connectivity index (χ1v) is 9.98. The van der Waals surface area contributed by atoms with Crippen LogP contribution < -0.4 is 0 Å². The first kappa shape index (κ1) is 19.6. The first-order valence-electron chi connectivity index (χ1n) is 9.98.